The van der Waals surface area contributed by atoms with Gasteiger partial charge in [-0.2, -0.15) is 0 Å². The van der Waals surface area contributed by atoms with Gasteiger partial charge in [-0.05, 0) is 43.2 Å². The third-order valence-corrected chi connectivity index (χ3v) is 3.67. The van der Waals surface area contributed by atoms with E-state index in [1.165, 1.54) is 18.3 Å². The van der Waals surface area contributed by atoms with Gasteiger partial charge in [0, 0.05) is 12.3 Å². The molecule has 144 valence electrons. The highest BCUT2D eigenvalue weighted by Crippen LogP contribution is 2.27. The number of nitrogens with one attached hydrogen (secondary N) is 1. The molecule has 1 N–H and O–H groups in total. The van der Waals surface area contributed by atoms with Gasteiger partial charge in [-0.15, -0.1) is 0 Å². The van der Waals surface area contributed by atoms with Gasteiger partial charge in [-0.1, -0.05) is 19.1 Å². The van der Waals surface area contributed by atoms with E-state index in [0.29, 0.717) is 34.9 Å². The van der Waals surface area contributed by atoms with Gasteiger partial charge in [0.1, 0.15) is 17.3 Å². The second-order valence-electron chi connectivity index (χ2n) is 5.64. The van der Waals surface area contributed by atoms with Gasteiger partial charge in [0.2, 0.25) is 0 Å². The lowest BCUT2D eigenvalue weighted by Crippen LogP contribution is -2.09. The molecule has 0 atom stereocenters. The average Bonchev–Trinajstić information content (AvgIpc) is 2.68. The van der Waals surface area contributed by atoms with Crippen LogP contribution in [-0.2, 0) is 9.53 Å². The van der Waals surface area contributed by atoms with Crippen LogP contribution in [0.5, 0.6) is 11.5 Å². The van der Waals surface area contributed by atoms with Crippen LogP contribution in [-0.4, -0.2) is 26.3 Å². The van der Waals surface area contributed by atoms with E-state index in [1.54, 1.807) is 44.4 Å². The molecular formula is C21H24FNO4. The molecule has 0 unspecified atom stereocenters. The maximum atomic E-state index is 13.7. The quantitative estimate of drug-likeness (QED) is 0.513. The first kappa shape index (κ1) is 20.3. The summed E-state index contributed by atoms with van der Waals surface area (Å²) in [5.74, 6) is 0.294. The first-order valence-electron chi connectivity index (χ1n) is 8.79. The van der Waals surface area contributed by atoms with Crippen molar-refractivity contribution in [3.63, 3.8) is 0 Å². The van der Waals surface area contributed by atoms with Crippen molar-refractivity contribution in [3.8, 4) is 11.5 Å². The Hall–Kier alpha value is -3.02. The van der Waals surface area contributed by atoms with Crippen molar-refractivity contribution in [2.75, 3.05) is 25.6 Å². The molecule has 0 amide bonds. The molecule has 0 aliphatic rings. The SMILES string of the molecule is CCCOc1ccc(F)cc1N/C=C(\C(=O)OCC)c1ccc(OC)cc1. The molecule has 0 aliphatic carbocycles. The first-order valence-corrected chi connectivity index (χ1v) is 8.79. The fourth-order valence-electron chi connectivity index (χ4n) is 2.34. The summed E-state index contributed by atoms with van der Waals surface area (Å²) in [5, 5.41) is 2.97. The summed E-state index contributed by atoms with van der Waals surface area (Å²) in [4.78, 5) is 12.4. The van der Waals surface area contributed by atoms with Crippen LogP contribution in [0.1, 0.15) is 25.8 Å². The number of rotatable bonds is 9. The van der Waals surface area contributed by atoms with Crippen LogP contribution in [0.15, 0.2) is 48.7 Å². The lowest BCUT2D eigenvalue weighted by atomic mass is 10.1. The standard InChI is InChI=1S/C21H24FNO4/c1-4-12-27-20-11-8-16(22)13-19(20)23-14-18(21(24)26-5-2)15-6-9-17(25-3)10-7-15/h6-11,13-14,23H,4-5,12H2,1-3H3/b18-14-. The number of carbonyl (C=O) groups is 1. The molecule has 0 spiro atoms. The Morgan fingerprint density at radius 3 is 2.52 bits per heavy atom. The van der Waals surface area contributed by atoms with E-state index < -0.39 is 11.8 Å². The Kier molecular flexibility index (Phi) is 7.67. The van der Waals surface area contributed by atoms with Crippen molar-refractivity contribution < 1.29 is 23.4 Å². The van der Waals surface area contributed by atoms with E-state index >= 15 is 0 Å². The van der Waals surface area contributed by atoms with Crippen molar-refractivity contribution in [1.82, 2.24) is 0 Å². The summed E-state index contributed by atoms with van der Waals surface area (Å²) in [5.41, 5.74) is 1.39. The predicted octanol–water partition coefficient (Wildman–Crippen LogP) is 4.64. The Morgan fingerprint density at radius 2 is 1.89 bits per heavy atom. The maximum Gasteiger partial charge on any atom is 0.340 e. The summed E-state index contributed by atoms with van der Waals surface area (Å²) in [6.45, 7) is 4.48. The van der Waals surface area contributed by atoms with E-state index in [1.807, 2.05) is 6.92 Å². The summed E-state index contributed by atoms with van der Waals surface area (Å²) in [7, 11) is 1.57. The normalized spacial score (nSPS) is 11.0. The van der Waals surface area contributed by atoms with Crippen molar-refractivity contribution in [2.24, 2.45) is 0 Å². The maximum absolute atomic E-state index is 13.7. The molecule has 0 fully saturated rings. The number of anilines is 1. The fourth-order valence-corrected chi connectivity index (χ4v) is 2.34. The number of hydrogen-bond acceptors (Lipinski definition) is 5. The summed E-state index contributed by atoms with van der Waals surface area (Å²) < 4.78 is 29.6. The molecule has 27 heavy (non-hydrogen) atoms. The number of benzene rings is 2. The van der Waals surface area contributed by atoms with E-state index in [4.69, 9.17) is 14.2 Å². The first-order chi connectivity index (χ1) is 13.1. The number of halogens is 1. The molecule has 6 heteroatoms. The topological polar surface area (TPSA) is 56.8 Å². The molecule has 5 nitrogen and oxygen atoms in total. The van der Waals surface area contributed by atoms with Gasteiger partial charge in [0.05, 0.1) is 31.6 Å². The predicted molar refractivity (Wildman–Crippen MR) is 103 cm³/mol. The second-order valence-corrected chi connectivity index (χ2v) is 5.64. The molecule has 0 saturated carbocycles. The number of hydrogen-bond donors (Lipinski definition) is 1. The van der Waals surface area contributed by atoms with Gasteiger partial charge < -0.3 is 19.5 Å². The molecule has 2 aromatic carbocycles. The molecule has 0 bridgehead atoms. The number of ether oxygens (including phenoxy) is 3. The number of methoxy groups -OCH3 is 1. The zero-order chi connectivity index (χ0) is 19.6. The Bertz CT molecular complexity index is 787. The lowest BCUT2D eigenvalue weighted by molar-refractivity contribution is -0.136. The molecule has 0 aromatic heterocycles. The highest BCUT2D eigenvalue weighted by Gasteiger charge is 2.14. The Labute approximate surface area is 158 Å². The largest absolute Gasteiger partial charge is 0.497 e. The van der Waals surface area contributed by atoms with Crippen LogP contribution in [0, 0.1) is 5.82 Å². The molecular weight excluding hydrogens is 349 g/mol. The smallest absolute Gasteiger partial charge is 0.340 e. The van der Waals surface area contributed by atoms with Crippen LogP contribution in [0.25, 0.3) is 5.57 Å². The summed E-state index contributed by atoms with van der Waals surface area (Å²) in [6, 6.07) is 11.2. The molecule has 0 saturated heterocycles. The fraction of sp³-hybridized carbons (Fsp3) is 0.286. The molecule has 0 radical (unpaired) electrons. The van der Waals surface area contributed by atoms with Gasteiger partial charge >= 0.3 is 5.97 Å². The van der Waals surface area contributed by atoms with Crippen molar-refractivity contribution in [3.05, 3.63) is 60.0 Å². The summed E-state index contributed by atoms with van der Waals surface area (Å²) in [6.07, 6.45) is 2.32. The van der Waals surface area contributed by atoms with Crippen LogP contribution >= 0.6 is 0 Å². The minimum Gasteiger partial charge on any atom is -0.497 e. The number of carbonyl (C=O) groups excluding carboxylic acids is 1. The minimum absolute atomic E-state index is 0.247. The average molecular weight is 373 g/mol. The van der Waals surface area contributed by atoms with Crippen LogP contribution < -0.4 is 14.8 Å². The monoisotopic (exact) mass is 373 g/mol. The zero-order valence-electron chi connectivity index (χ0n) is 15.8. The number of esters is 1. The van der Waals surface area contributed by atoms with Crippen molar-refractivity contribution in [2.45, 2.75) is 20.3 Å². The lowest BCUT2D eigenvalue weighted by Gasteiger charge is -2.13. The Balaban J connectivity index is 2.34. The van der Waals surface area contributed by atoms with Gasteiger partial charge in [-0.25, -0.2) is 9.18 Å². The van der Waals surface area contributed by atoms with Gasteiger partial charge in [0.15, 0.2) is 0 Å². The third kappa shape index (κ3) is 5.74. The highest BCUT2D eigenvalue weighted by molar-refractivity contribution is 6.16. The van der Waals surface area contributed by atoms with E-state index in [-0.39, 0.29) is 6.61 Å². The van der Waals surface area contributed by atoms with Gasteiger partial charge in [-0.3, -0.25) is 0 Å². The molecule has 0 aliphatic heterocycles. The highest BCUT2D eigenvalue weighted by atomic mass is 19.1. The van der Waals surface area contributed by atoms with Crippen LogP contribution in [0.3, 0.4) is 0 Å². The zero-order valence-corrected chi connectivity index (χ0v) is 15.8. The van der Waals surface area contributed by atoms with Crippen molar-refractivity contribution >= 4 is 17.2 Å². The molecule has 2 aromatic rings. The van der Waals surface area contributed by atoms with Crippen molar-refractivity contribution in [1.29, 1.82) is 0 Å². The minimum atomic E-state index is -0.484. The van der Waals surface area contributed by atoms with Crippen LogP contribution in [0.2, 0.25) is 0 Å². The third-order valence-electron chi connectivity index (χ3n) is 3.67. The van der Waals surface area contributed by atoms with E-state index in [9.17, 15) is 9.18 Å². The van der Waals surface area contributed by atoms with Gasteiger partial charge in [0.25, 0.3) is 0 Å². The Morgan fingerprint density at radius 1 is 1.15 bits per heavy atom. The molecule has 0 heterocycles. The molecule has 2 rings (SSSR count). The van der Waals surface area contributed by atoms with Crippen LogP contribution in [0.4, 0.5) is 10.1 Å². The van der Waals surface area contributed by atoms with E-state index in [2.05, 4.69) is 5.32 Å². The summed E-state index contributed by atoms with van der Waals surface area (Å²) >= 11 is 0. The van der Waals surface area contributed by atoms with E-state index in [0.717, 1.165) is 6.42 Å². The second kappa shape index (κ2) is 10.2.